The molecule has 0 aromatic heterocycles. The van der Waals surface area contributed by atoms with Crippen molar-refractivity contribution >= 4 is 0 Å². The Morgan fingerprint density at radius 1 is 0.800 bits per heavy atom. The lowest BCUT2D eigenvalue weighted by molar-refractivity contribution is 0.348. The minimum absolute atomic E-state index is 0.198. The second kappa shape index (κ2) is 6.65. The molecular formula is C19H32O. The summed E-state index contributed by atoms with van der Waals surface area (Å²) in [7, 11) is 1.82. The molecule has 0 atom stereocenters. The third kappa shape index (κ3) is 2.87. The van der Waals surface area contributed by atoms with Crippen molar-refractivity contribution < 1.29 is 4.74 Å². The van der Waals surface area contributed by atoms with Gasteiger partial charge >= 0.3 is 0 Å². The molecule has 0 amide bonds. The van der Waals surface area contributed by atoms with Crippen LogP contribution in [0.2, 0.25) is 0 Å². The molecule has 1 aromatic carbocycles. The fraction of sp³-hybridized carbons (Fsp3) is 0.684. The lowest BCUT2D eigenvalue weighted by atomic mass is 9.72. The van der Waals surface area contributed by atoms with Crippen LogP contribution >= 0.6 is 0 Å². The van der Waals surface area contributed by atoms with Gasteiger partial charge in [-0.3, -0.25) is 0 Å². The van der Waals surface area contributed by atoms with Crippen LogP contribution in [-0.4, -0.2) is 7.11 Å². The fourth-order valence-electron chi connectivity index (χ4n) is 2.97. The molecule has 1 rings (SSSR count). The van der Waals surface area contributed by atoms with Crippen molar-refractivity contribution in [3.8, 4) is 5.75 Å². The minimum Gasteiger partial charge on any atom is -0.496 e. The Morgan fingerprint density at radius 3 is 1.40 bits per heavy atom. The van der Waals surface area contributed by atoms with E-state index in [0.29, 0.717) is 0 Å². The SMILES string of the molecule is CCC(C)(CC)c1cccc(C(C)(CC)CC)c1OC. The first-order valence-corrected chi connectivity index (χ1v) is 8.10. The molecule has 1 aromatic rings. The van der Waals surface area contributed by atoms with Crippen LogP contribution < -0.4 is 4.74 Å². The molecule has 114 valence electrons. The molecule has 1 nitrogen and oxygen atoms in total. The molecule has 0 aliphatic heterocycles. The van der Waals surface area contributed by atoms with E-state index in [1.165, 1.54) is 11.1 Å². The van der Waals surface area contributed by atoms with E-state index in [1.54, 1.807) is 0 Å². The lowest BCUT2D eigenvalue weighted by Gasteiger charge is -2.34. The molecule has 20 heavy (non-hydrogen) atoms. The smallest absolute Gasteiger partial charge is 0.126 e. The third-order valence-electron chi connectivity index (χ3n) is 5.64. The van der Waals surface area contributed by atoms with Crippen LogP contribution in [0, 0.1) is 0 Å². The molecule has 0 aliphatic carbocycles. The van der Waals surface area contributed by atoms with Crippen molar-refractivity contribution in [3.05, 3.63) is 29.3 Å². The molecule has 0 radical (unpaired) electrons. The zero-order valence-electron chi connectivity index (χ0n) is 14.5. The summed E-state index contributed by atoms with van der Waals surface area (Å²) in [5.41, 5.74) is 3.14. The van der Waals surface area contributed by atoms with Gasteiger partial charge in [0.15, 0.2) is 0 Å². The summed E-state index contributed by atoms with van der Waals surface area (Å²) in [4.78, 5) is 0. The number of ether oxygens (including phenoxy) is 1. The van der Waals surface area contributed by atoms with Crippen molar-refractivity contribution in [1.82, 2.24) is 0 Å². The van der Waals surface area contributed by atoms with Crippen molar-refractivity contribution in [2.75, 3.05) is 7.11 Å². The van der Waals surface area contributed by atoms with Crippen molar-refractivity contribution in [1.29, 1.82) is 0 Å². The summed E-state index contributed by atoms with van der Waals surface area (Å²) in [6, 6.07) is 6.71. The van der Waals surface area contributed by atoms with Crippen molar-refractivity contribution in [3.63, 3.8) is 0 Å². The molecule has 0 aliphatic rings. The Kier molecular flexibility index (Phi) is 5.68. The Bertz CT molecular complexity index is 389. The Labute approximate surface area is 125 Å². The van der Waals surface area contributed by atoms with Gasteiger partial charge in [0, 0.05) is 11.1 Å². The maximum absolute atomic E-state index is 5.88. The van der Waals surface area contributed by atoms with E-state index in [2.05, 4.69) is 59.7 Å². The number of hydrogen-bond donors (Lipinski definition) is 0. The topological polar surface area (TPSA) is 9.23 Å². The van der Waals surface area contributed by atoms with Gasteiger partial charge in [0.25, 0.3) is 0 Å². The van der Waals surface area contributed by atoms with Crippen LogP contribution in [0.4, 0.5) is 0 Å². The third-order valence-corrected chi connectivity index (χ3v) is 5.64. The molecule has 0 bridgehead atoms. The predicted molar refractivity (Wildman–Crippen MR) is 88.9 cm³/mol. The average Bonchev–Trinajstić information content (AvgIpc) is 2.52. The summed E-state index contributed by atoms with van der Waals surface area (Å²) in [6.07, 6.45) is 4.55. The highest BCUT2D eigenvalue weighted by molar-refractivity contribution is 5.49. The molecule has 0 N–H and O–H groups in total. The second-order valence-corrected chi connectivity index (χ2v) is 6.42. The number of methoxy groups -OCH3 is 1. The quantitative estimate of drug-likeness (QED) is 0.607. The van der Waals surface area contributed by atoms with E-state index < -0.39 is 0 Å². The van der Waals surface area contributed by atoms with Gasteiger partial charge in [0.05, 0.1) is 7.11 Å². The Balaban J connectivity index is 3.52. The molecular weight excluding hydrogens is 244 g/mol. The first-order valence-electron chi connectivity index (χ1n) is 8.10. The van der Waals surface area contributed by atoms with Crippen LogP contribution in [0.1, 0.15) is 78.4 Å². The molecule has 0 unspecified atom stereocenters. The molecule has 0 spiro atoms. The zero-order valence-corrected chi connectivity index (χ0v) is 14.5. The van der Waals surface area contributed by atoms with Crippen LogP contribution in [-0.2, 0) is 10.8 Å². The van der Waals surface area contributed by atoms with Gasteiger partial charge in [0.2, 0.25) is 0 Å². The van der Waals surface area contributed by atoms with Gasteiger partial charge in [-0.25, -0.2) is 0 Å². The monoisotopic (exact) mass is 276 g/mol. The van der Waals surface area contributed by atoms with E-state index in [9.17, 15) is 0 Å². The highest BCUT2D eigenvalue weighted by Gasteiger charge is 2.32. The first-order chi connectivity index (χ1) is 9.42. The average molecular weight is 276 g/mol. The van der Waals surface area contributed by atoms with Gasteiger partial charge < -0.3 is 4.74 Å². The van der Waals surface area contributed by atoms with Gasteiger partial charge in [-0.1, -0.05) is 59.7 Å². The largest absolute Gasteiger partial charge is 0.496 e. The van der Waals surface area contributed by atoms with Crippen LogP contribution in [0.5, 0.6) is 5.75 Å². The zero-order chi connectivity index (χ0) is 15.4. The van der Waals surface area contributed by atoms with Gasteiger partial charge in [-0.15, -0.1) is 0 Å². The van der Waals surface area contributed by atoms with Gasteiger partial charge in [-0.05, 0) is 36.5 Å². The summed E-state index contributed by atoms with van der Waals surface area (Å²) in [5.74, 6) is 1.12. The molecule has 0 saturated heterocycles. The second-order valence-electron chi connectivity index (χ2n) is 6.42. The first kappa shape index (κ1) is 17.1. The summed E-state index contributed by atoms with van der Waals surface area (Å²) in [5, 5.41) is 0. The number of rotatable bonds is 7. The maximum Gasteiger partial charge on any atom is 0.126 e. The van der Waals surface area contributed by atoms with E-state index in [4.69, 9.17) is 4.74 Å². The predicted octanol–water partition coefficient (Wildman–Crippen LogP) is 5.85. The standard InChI is InChI=1S/C19H32O/c1-8-18(5,9-2)15-13-12-14-16(17(15)20-7)19(6,10-3)11-4/h12-14H,8-11H2,1-7H3. The summed E-state index contributed by atoms with van der Waals surface area (Å²) >= 11 is 0. The van der Waals surface area contributed by atoms with Crippen LogP contribution in [0.25, 0.3) is 0 Å². The Morgan fingerprint density at radius 2 is 1.15 bits per heavy atom. The number of hydrogen-bond acceptors (Lipinski definition) is 1. The molecule has 0 saturated carbocycles. The highest BCUT2D eigenvalue weighted by atomic mass is 16.5. The summed E-state index contributed by atoms with van der Waals surface area (Å²) in [6.45, 7) is 13.8. The maximum atomic E-state index is 5.88. The number of benzene rings is 1. The minimum atomic E-state index is 0.198. The van der Waals surface area contributed by atoms with Gasteiger partial charge in [0.1, 0.15) is 5.75 Å². The molecule has 0 fully saturated rings. The van der Waals surface area contributed by atoms with E-state index >= 15 is 0 Å². The van der Waals surface area contributed by atoms with Crippen LogP contribution in [0.3, 0.4) is 0 Å². The lowest BCUT2D eigenvalue weighted by Crippen LogP contribution is -2.25. The Hall–Kier alpha value is -0.980. The van der Waals surface area contributed by atoms with Crippen molar-refractivity contribution in [2.24, 2.45) is 0 Å². The normalized spacial score (nSPS) is 12.6. The number of para-hydroxylation sites is 1. The van der Waals surface area contributed by atoms with E-state index in [-0.39, 0.29) is 10.8 Å². The van der Waals surface area contributed by atoms with Gasteiger partial charge in [-0.2, -0.15) is 0 Å². The van der Waals surface area contributed by atoms with Crippen LogP contribution in [0.15, 0.2) is 18.2 Å². The molecule has 1 heteroatoms. The fourth-order valence-corrected chi connectivity index (χ4v) is 2.97. The van der Waals surface area contributed by atoms with E-state index in [1.807, 2.05) is 7.11 Å². The summed E-state index contributed by atoms with van der Waals surface area (Å²) < 4.78 is 5.88. The van der Waals surface area contributed by atoms with E-state index in [0.717, 1.165) is 31.4 Å². The molecule has 0 heterocycles. The highest BCUT2D eigenvalue weighted by Crippen LogP contribution is 2.44. The van der Waals surface area contributed by atoms with Crippen molar-refractivity contribution in [2.45, 2.75) is 78.1 Å².